The number of nitrogens with zero attached hydrogens (tertiary/aromatic N) is 3. The molecule has 2 aromatic rings. The van der Waals surface area contributed by atoms with Crippen LogP contribution in [-0.2, 0) is 6.18 Å². The SMILES string of the molecule is CC(C)Nc1ccc(-n2ccc(C(F)(F)F)n2)cn1. The molecule has 0 aliphatic carbocycles. The van der Waals surface area contributed by atoms with Crippen LogP contribution in [0.5, 0.6) is 0 Å². The zero-order chi connectivity index (χ0) is 14.0. The molecule has 0 radical (unpaired) electrons. The van der Waals surface area contributed by atoms with E-state index in [-0.39, 0.29) is 6.04 Å². The Balaban J connectivity index is 2.20. The van der Waals surface area contributed by atoms with Crippen LogP contribution in [0.2, 0.25) is 0 Å². The van der Waals surface area contributed by atoms with Crippen LogP contribution in [0, 0.1) is 0 Å². The number of alkyl halides is 3. The van der Waals surface area contributed by atoms with Crippen molar-refractivity contribution < 1.29 is 13.2 Å². The van der Waals surface area contributed by atoms with Crippen molar-refractivity contribution >= 4 is 5.82 Å². The zero-order valence-electron chi connectivity index (χ0n) is 10.4. The molecular weight excluding hydrogens is 257 g/mol. The Morgan fingerprint density at radius 1 is 1.21 bits per heavy atom. The number of rotatable bonds is 3. The molecule has 0 unspecified atom stereocenters. The van der Waals surface area contributed by atoms with Crippen LogP contribution in [0.15, 0.2) is 30.6 Å². The molecule has 2 rings (SSSR count). The van der Waals surface area contributed by atoms with Crippen molar-refractivity contribution in [3.05, 3.63) is 36.3 Å². The zero-order valence-corrected chi connectivity index (χ0v) is 10.4. The van der Waals surface area contributed by atoms with Gasteiger partial charge in [-0.25, -0.2) is 9.67 Å². The lowest BCUT2D eigenvalue weighted by molar-refractivity contribution is -0.141. The summed E-state index contributed by atoms with van der Waals surface area (Å²) in [7, 11) is 0. The first-order valence-corrected chi connectivity index (χ1v) is 5.72. The molecule has 19 heavy (non-hydrogen) atoms. The highest BCUT2D eigenvalue weighted by atomic mass is 19.4. The quantitative estimate of drug-likeness (QED) is 0.931. The van der Waals surface area contributed by atoms with Crippen LogP contribution in [0.1, 0.15) is 19.5 Å². The molecule has 7 heteroatoms. The monoisotopic (exact) mass is 270 g/mol. The summed E-state index contributed by atoms with van der Waals surface area (Å²) in [5.41, 5.74) is -0.443. The normalized spacial score (nSPS) is 11.9. The van der Waals surface area contributed by atoms with E-state index in [0.717, 1.165) is 10.7 Å². The topological polar surface area (TPSA) is 42.7 Å². The van der Waals surface area contributed by atoms with Gasteiger partial charge in [-0.05, 0) is 32.0 Å². The maximum Gasteiger partial charge on any atom is 0.435 e. The van der Waals surface area contributed by atoms with E-state index >= 15 is 0 Å². The van der Waals surface area contributed by atoms with Gasteiger partial charge in [0.25, 0.3) is 0 Å². The van der Waals surface area contributed by atoms with Crippen molar-refractivity contribution in [1.82, 2.24) is 14.8 Å². The molecule has 0 atom stereocenters. The number of halogens is 3. The molecule has 0 aliphatic rings. The van der Waals surface area contributed by atoms with Crippen molar-refractivity contribution in [2.45, 2.75) is 26.1 Å². The van der Waals surface area contributed by atoms with Gasteiger partial charge in [0.1, 0.15) is 5.82 Å². The largest absolute Gasteiger partial charge is 0.435 e. The first-order valence-electron chi connectivity index (χ1n) is 5.72. The van der Waals surface area contributed by atoms with Crippen molar-refractivity contribution in [3.63, 3.8) is 0 Å². The van der Waals surface area contributed by atoms with Crippen LogP contribution < -0.4 is 5.32 Å². The minimum atomic E-state index is -4.43. The van der Waals surface area contributed by atoms with Crippen LogP contribution in [0.25, 0.3) is 5.69 Å². The Hall–Kier alpha value is -2.05. The van der Waals surface area contributed by atoms with Crippen LogP contribution in [0.4, 0.5) is 19.0 Å². The van der Waals surface area contributed by atoms with E-state index < -0.39 is 11.9 Å². The van der Waals surface area contributed by atoms with Gasteiger partial charge in [-0.2, -0.15) is 18.3 Å². The van der Waals surface area contributed by atoms with E-state index in [1.54, 1.807) is 12.1 Å². The van der Waals surface area contributed by atoms with Gasteiger partial charge in [-0.3, -0.25) is 0 Å². The molecule has 2 heterocycles. The molecule has 102 valence electrons. The number of aromatic nitrogens is 3. The van der Waals surface area contributed by atoms with E-state index in [9.17, 15) is 13.2 Å². The Morgan fingerprint density at radius 2 is 1.95 bits per heavy atom. The summed E-state index contributed by atoms with van der Waals surface area (Å²) in [4.78, 5) is 4.11. The van der Waals surface area contributed by atoms with E-state index in [4.69, 9.17) is 0 Å². The van der Waals surface area contributed by atoms with Crippen molar-refractivity contribution in [2.24, 2.45) is 0 Å². The second-order valence-electron chi connectivity index (χ2n) is 4.34. The molecule has 0 aromatic carbocycles. The lowest BCUT2D eigenvalue weighted by atomic mass is 10.3. The lowest BCUT2D eigenvalue weighted by Crippen LogP contribution is -2.11. The first-order chi connectivity index (χ1) is 8.86. The molecule has 1 N–H and O–H groups in total. The second kappa shape index (κ2) is 4.91. The minimum Gasteiger partial charge on any atom is -0.368 e. The fraction of sp³-hybridized carbons (Fsp3) is 0.333. The van der Waals surface area contributed by atoms with Crippen LogP contribution in [0.3, 0.4) is 0 Å². The summed E-state index contributed by atoms with van der Waals surface area (Å²) in [5.74, 6) is 0.668. The Kier molecular flexibility index (Phi) is 3.46. The summed E-state index contributed by atoms with van der Waals surface area (Å²) in [6.07, 6.45) is -1.70. The standard InChI is InChI=1S/C12H13F3N4/c1-8(2)17-11-4-3-9(7-16-11)19-6-5-10(18-19)12(13,14)15/h3-8H,1-2H3,(H,16,17). The number of hydrogen-bond donors (Lipinski definition) is 1. The lowest BCUT2D eigenvalue weighted by Gasteiger charge is -2.09. The van der Waals surface area contributed by atoms with Crippen LogP contribution >= 0.6 is 0 Å². The van der Waals surface area contributed by atoms with Gasteiger partial charge < -0.3 is 5.32 Å². The molecule has 0 aliphatic heterocycles. The summed E-state index contributed by atoms with van der Waals surface area (Å²) in [5, 5.41) is 6.57. The average Bonchev–Trinajstić information content (AvgIpc) is 2.78. The summed E-state index contributed by atoms with van der Waals surface area (Å²) in [6, 6.07) is 4.52. The highest BCUT2D eigenvalue weighted by Gasteiger charge is 2.33. The van der Waals surface area contributed by atoms with E-state index in [1.165, 1.54) is 12.4 Å². The number of hydrogen-bond acceptors (Lipinski definition) is 3. The van der Waals surface area contributed by atoms with E-state index in [0.29, 0.717) is 11.5 Å². The maximum atomic E-state index is 12.4. The fourth-order valence-electron chi connectivity index (χ4n) is 1.52. The first kappa shape index (κ1) is 13.4. The average molecular weight is 270 g/mol. The molecule has 4 nitrogen and oxygen atoms in total. The van der Waals surface area contributed by atoms with Crippen molar-refractivity contribution in [3.8, 4) is 5.69 Å². The van der Waals surface area contributed by atoms with Gasteiger partial charge in [0.15, 0.2) is 5.69 Å². The predicted octanol–water partition coefficient (Wildman–Crippen LogP) is 3.11. The smallest absolute Gasteiger partial charge is 0.368 e. The Bertz CT molecular complexity index is 543. The third-order valence-electron chi connectivity index (χ3n) is 2.33. The molecule has 0 saturated carbocycles. The number of pyridine rings is 1. The number of nitrogens with one attached hydrogen (secondary N) is 1. The second-order valence-corrected chi connectivity index (χ2v) is 4.34. The Labute approximate surface area is 108 Å². The number of anilines is 1. The molecule has 0 bridgehead atoms. The highest BCUT2D eigenvalue weighted by Crippen LogP contribution is 2.27. The van der Waals surface area contributed by atoms with Gasteiger partial charge in [-0.15, -0.1) is 0 Å². The highest BCUT2D eigenvalue weighted by molar-refractivity contribution is 5.40. The van der Waals surface area contributed by atoms with Gasteiger partial charge in [-0.1, -0.05) is 0 Å². The third-order valence-corrected chi connectivity index (χ3v) is 2.33. The Morgan fingerprint density at radius 3 is 2.42 bits per heavy atom. The minimum absolute atomic E-state index is 0.236. The van der Waals surface area contributed by atoms with Crippen molar-refractivity contribution in [1.29, 1.82) is 0 Å². The molecule has 2 aromatic heterocycles. The van der Waals surface area contributed by atoms with Gasteiger partial charge in [0.2, 0.25) is 0 Å². The van der Waals surface area contributed by atoms with Gasteiger partial charge >= 0.3 is 6.18 Å². The van der Waals surface area contributed by atoms with Gasteiger partial charge in [0, 0.05) is 12.2 Å². The summed E-state index contributed by atoms with van der Waals surface area (Å²) in [6.45, 7) is 3.94. The van der Waals surface area contributed by atoms with Crippen molar-refractivity contribution in [2.75, 3.05) is 5.32 Å². The fourth-order valence-corrected chi connectivity index (χ4v) is 1.52. The molecular formula is C12H13F3N4. The molecule has 0 fully saturated rings. The van der Waals surface area contributed by atoms with E-state index in [2.05, 4.69) is 15.4 Å². The summed E-state index contributed by atoms with van der Waals surface area (Å²) >= 11 is 0. The predicted molar refractivity (Wildman–Crippen MR) is 65.1 cm³/mol. The van der Waals surface area contributed by atoms with Crippen LogP contribution in [-0.4, -0.2) is 20.8 Å². The molecule has 0 amide bonds. The van der Waals surface area contributed by atoms with Gasteiger partial charge in [0.05, 0.1) is 11.9 Å². The maximum absolute atomic E-state index is 12.4. The third kappa shape index (κ3) is 3.24. The summed E-state index contributed by atoms with van der Waals surface area (Å²) < 4.78 is 38.4. The molecule has 0 spiro atoms. The van der Waals surface area contributed by atoms with E-state index in [1.807, 2.05) is 13.8 Å². The molecule has 0 saturated heterocycles.